The number of nitrogens with two attached hydrogens (primary N) is 1. The van der Waals surface area contributed by atoms with Crippen LogP contribution in [0.1, 0.15) is 23.2 Å². The molecule has 142 valence electrons. The van der Waals surface area contributed by atoms with E-state index in [1.54, 1.807) is 30.7 Å². The minimum Gasteiger partial charge on any atom is -0.496 e. The highest BCUT2D eigenvalue weighted by atomic mass is 16.5. The summed E-state index contributed by atoms with van der Waals surface area (Å²) >= 11 is 0. The number of hydrogen-bond acceptors (Lipinski definition) is 6. The molecule has 9 nitrogen and oxygen atoms in total. The number of anilines is 2. The topological polar surface area (TPSA) is 122 Å². The van der Waals surface area contributed by atoms with Gasteiger partial charge in [0.05, 0.1) is 18.9 Å². The minimum atomic E-state index is -0.622. The molecule has 1 atom stereocenters. The van der Waals surface area contributed by atoms with Gasteiger partial charge in [-0.3, -0.25) is 9.78 Å². The SMILES string of the molecule is COc1ccc(NC(=O)N[C@H]2CCCN(c3cnccn3)C2)cc1C(N)=O. The Bertz CT molecular complexity index is 814. The molecule has 1 aromatic heterocycles. The van der Waals surface area contributed by atoms with Crippen LogP contribution in [0.3, 0.4) is 0 Å². The van der Waals surface area contributed by atoms with E-state index in [1.165, 1.54) is 13.2 Å². The van der Waals surface area contributed by atoms with Crippen molar-refractivity contribution in [3.8, 4) is 5.75 Å². The van der Waals surface area contributed by atoms with Gasteiger partial charge in [0.25, 0.3) is 5.91 Å². The van der Waals surface area contributed by atoms with Crippen molar-refractivity contribution in [3.63, 3.8) is 0 Å². The number of nitrogens with one attached hydrogen (secondary N) is 2. The molecule has 2 heterocycles. The molecule has 9 heteroatoms. The normalized spacial score (nSPS) is 16.5. The fraction of sp³-hybridized carbons (Fsp3) is 0.333. The van der Waals surface area contributed by atoms with E-state index in [-0.39, 0.29) is 17.6 Å². The number of urea groups is 1. The van der Waals surface area contributed by atoms with Crippen LogP contribution in [-0.2, 0) is 0 Å². The fourth-order valence-corrected chi connectivity index (χ4v) is 3.09. The Morgan fingerprint density at radius 1 is 1.33 bits per heavy atom. The predicted molar refractivity (Wildman–Crippen MR) is 101 cm³/mol. The van der Waals surface area contributed by atoms with Gasteiger partial charge in [0.1, 0.15) is 11.6 Å². The van der Waals surface area contributed by atoms with Crippen molar-refractivity contribution in [2.45, 2.75) is 18.9 Å². The van der Waals surface area contributed by atoms with Crippen molar-refractivity contribution in [1.29, 1.82) is 0 Å². The van der Waals surface area contributed by atoms with E-state index in [9.17, 15) is 9.59 Å². The number of primary amides is 1. The molecule has 0 spiro atoms. The standard InChI is InChI=1S/C18H22N6O3/c1-27-15-5-4-12(9-14(15)17(19)25)22-18(26)23-13-3-2-8-24(11-13)16-10-20-6-7-21-16/h4-7,9-10,13H,2-3,8,11H2,1H3,(H2,19,25)(H2,22,23,26)/t13-/m0/s1. The first-order valence-corrected chi connectivity index (χ1v) is 8.63. The van der Waals surface area contributed by atoms with Crippen LogP contribution < -0.4 is 26.0 Å². The third kappa shape index (κ3) is 4.63. The van der Waals surface area contributed by atoms with Gasteiger partial charge in [0, 0.05) is 37.2 Å². The van der Waals surface area contributed by atoms with E-state index in [0.717, 1.165) is 25.2 Å². The van der Waals surface area contributed by atoms with Crippen molar-refractivity contribution in [1.82, 2.24) is 15.3 Å². The van der Waals surface area contributed by atoms with Crippen molar-refractivity contribution < 1.29 is 14.3 Å². The highest BCUT2D eigenvalue weighted by molar-refractivity contribution is 5.98. The zero-order valence-electron chi connectivity index (χ0n) is 15.0. The maximum absolute atomic E-state index is 12.3. The number of rotatable bonds is 5. The van der Waals surface area contributed by atoms with Crippen LogP contribution >= 0.6 is 0 Å². The van der Waals surface area contributed by atoms with E-state index in [4.69, 9.17) is 10.5 Å². The highest BCUT2D eigenvalue weighted by Gasteiger charge is 2.22. The maximum atomic E-state index is 12.3. The molecule has 0 bridgehead atoms. The van der Waals surface area contributed by atoms with Gasteiger partial charge in [-0.15, -0.1) is 0 Å². The maximum Gasteiger partial charge on any atom is 0.319 e. The van der Waals surface area contributed by atoms with Gasteiger partial charge in [-0.25, -0.2) is 9.78 Å². The first-order chi connectivity index (χ1) is 13.1. The van der Waals surface area contributed by atoms with Crippen LogP contribution in [0, 0.1) is 0 Å². The summed E-state index contributed by atoms with van der Waals surface area (Å²) < 4.78 is 5.10. The van der Waals surface area contributed by atoms with E-state index in [0.29, 0.717) is 18.0 Å². The largest absolute Gasteiger partial charge is 0.496 e. The number of amides is 3. The Labute approximate surface area is 156 Å². The van der Waals surface area contributed by atoms with Crippen LogP contribution in [0.4, 0.5) is 16.3 Å². The summed E-state index contributed by atoms with van der Waals surface area (Å²) in [6, 6.07) is 4.37. The van der Waals surface area contributed by atoms with E-state index in [2.05, 4.69) is 25.5 Å². The summed E-state index contributed by atoms with van der Waals surface area (Å²) in [7, 11) is 1.45. The van der Waals surface area contributed by atoms with E-state index >= 15 is 0 Å². The molecule has 0 radical (unpaired) electrons. The van der Waals surface area contributed by atoms with Gasteiger partial charge in [-0.05, 0) is 31.0 Å². The lowest BCUT2D eigenvalue weighted by atomic mass is 10.1. The van der Waals surface area contributed by atoms with Gasteiger partial charge < -0.3 is 26.0 Å². The summed E-state index contributed by atoms with van der Waals surface area (Å²) in [5, 5.41) is 5.69. The van der Waals surface area contributed by atoms with Gasteiger partial charge in [-0.1, -0.05) is 0 Å². The summed E-state index contributed by atoms with van der Waals surface area (Å²) in [5.41, 5.74) is 6.02. The van der Waals surface area contributed by atoms with E-state index in [1.807, 2.05) is 0 Å². The van der Waals surface area contributed by atoms with Crippen LogP contribution in [-0.4, -0.2) is 48.1 Å². The van der Waals surface area contributed by atoms with Crippen LogP contribution in [0.5, 0.6) is 5.75 Å². The lowest BCUT2D eigenvalue weighted by Gasteiger charge is -2.33. The summed E-state index contributed by atoms with van der Waals surface area (Å²) in [6.07, 6.45) is 6.81. The molecular weight excluding hydrogens is 348 g/mol. The van der Waals surface area contributed by atoms with Crippen LogP contribution in [0.15, 0.2) is 36.8 Å². The molecule has 1 aliphatic rings. The fourth-order valence-electron chi connectivity index (χ4n) is 3.09. The molecular formula is C18H22N6O3. The molecule has 0 aliphatic carbocycles. The van der Waals surface area contributed by atoms with Gasteiger partial charge in [0.2, 0.25) is 0 Å². The number of carbonyl (C=O) groups is 2. The predicted octanol–water partition coefficient (Wildman–Crippen LogP) is 1.37. The van der Waals surface area contributed by atoms with Crippen molar-refractivity contribution >= 4 is 23.4 Å². The molecule has 4 N–H and O–H groups in total. The zero-order valence-corrected chi connectivity index (χ0v) is 15.0. The molecule has 1 saturated heterocycles. The van der Waals surface area contributed by atoms with Crippen molar-refractivity contribution in [3.05, 3.63) is 42.4 Å². The lowest BCUT2D eigenvalue weighted by Crippen LogP contribution is -2.49. The lowest BCUT2D eigenvalue weighted by molar-refractivity contribution is 0.0997. The number of nitrogens with zero attached hydrogens (tertiary/aromatic N) is 3. The molecule has 3 rings (SSSR count). The third-order valence-electron chi connectivity index (χ3n) is 4.35. The number of hydrogen-bond donors (Lipinski definition) is 3. The Morgan fingerprint density at radius 2 is 2.19 bits per heavy atom. The smallest absolute Gasteiger partial charge is 0.319 e. The average molecular weight is 370 g/mol. The number of piperidine rings is 1. The third-order valence-corrected chi connectivity index (χ3v) is 4.35. The number of aromatic nitrogens is 2. The Balaban J connectivity index is 1.60. The molecule has 27 heavy (non-hydrogen) atoms. The first kappa shape index (κ1) is 18.4. The molecule has 1 fully saturated rings. The molecule has 3 amide bonds. The van der Waals surface area contributed by atoms with Gasteiger partial charge in [-0.2, -0.15) is 0 Å². The molecule has 1 aliphatic heterocycles. The second-order valence-electron chi connectivity index (χ2n) is 6.23. The van der Waals surface area contributed by atoms with E-state index < -0.39 is 5.91 Å². The molecule has 1 aromatic carbocycles. The molecule has 0 unspecified atom stereocenters. The monoisotopic (exact) mass is 370 g/mol. The Morgan fingerprint density at radius 3 is 2.89 bits per heavy atom. The molecule has 2 aromatic rings. The second-order valence-corrected chi connectivity index (χ2v) is 6.23. The minimum absolute atomic E-state index is 0.0189. The Kier molecular flexibility index (Phi) is 5.70. The van der Waals surface area contributed by atoms with Crippen LogP contribution in [0.2, 0.25) is 0 Å². The van der Waals surface area contributed by atoms with Gasteiger partial charge >= 0.3 is 6.03 Å². The average Bonchev–Trinajstić information content (AvgIpc) is 2.68. The molecule has 0 saturated carbocycles. The number of methoxy groups -OCH3 is 1. The summed E-state index contributed by atoms with van der Waals surface area (Å²) in [4.78, 5) is 34.3. The van der Waals surface area contributed by atoms with Gasteiger partial charge in [0.15, 0.2) is 0 Å². The number of ether oxygens (including phenoxy) is 1. The summed E-state index contributed by atoms with van der Waals surface area (Å²) in [6.45, 7) is 1.53. The van der Waals surface area contributed by atoms with Crippen molar-refractivity contribution in [2.24, 2.45) is 5.73 Å². The zero-order chi connectivity index (χ0) is 19.2. The Hall–Kier alpha value is -3.36. The number of carbonyl (C=O) groups excluding carboxylic acids is 2. The van der Waals surface area contributed by atoms with Crippen molar-refractivity contribution in [2.75, 3.05) is 30.4 Å². The van der Waals surface area contributed by atoms with Crippen LogP contribution in [0.25, 0.3) is 0 Å². The number of benzene rings is 1. The quantitative estimate of drug-likeness (QED) is 0.731. The highest BCUT2D eigenvalue weighted by Crippen LogP contribution is 2.22. The second kappa shape index (κ2) is 8.35. The summed E-state index contributed by atoms with van der Waals surface area (Å²) in [5.74, 6) is 0.536. The first-order valence-electron chi connectivity index (χ1n) is 8.63.